The number of ether oxygens (including phenoxy) is 1. The summed E-state index contributed by atoms with van der Waals surface area (Å²) in [6.07, 6.45) is 0.718. The molecule has 152 valence electrons. The van der Waals surface area contributed by atoms with E-state index < -0.39 is 11.4 Å². The van der Waals surface area contributed by atoms with Gasteiger partial charge in [-0.25, -0.2) is 9.18 Å². The van der Waals surface area contributed by atoms with Crippen molar-refractivity contribution in [3.8, 4) is 0 Å². The van der Waals surface area contributed by atoms with Gasteiger partial charge in [-0.05, 0) is 52.4 Å². The number of amides is 2. The van der Waals surface area contributed by atoms with E-state index in [0.717, 1.165) is 9.13 Å². The first kappa shape index (κ1) is 20.4. The molecule has 5 nitrogen and oxygen atoms in total. The van der Waals surface area contributed by atoms with Gasteiger partial charge in [-0.3, -0.25) is 9.69 Å². The van der Waals surface area contributed by atoms with Gasteiger partial charge in [0.2, 0.25) is 0 Å². The minimum atomic E-state index is -0.699. The number of halogens is 3. The molecular formula is C21H19ClFIN2O3. The molecule has 0 aliphatic carbocycles. The standard InChI is InChI=1S/C21H19ClFIN2O3/c22-17-3-1-2-16(18(17)23)19(27)25-10-8-21(9-11-25)13-26(20(28)29-21)12-14-4-6-15(24)7-5-14/h1-7H,8-13H2. The average Bonchev–Trinajstić information content (AvgIpc) is 3.00. The van der Waals surface area contributed by atoms with Crippen LogP contribution >= 0.6 is 34.2 Å². The Bertz CT molecular complexity index is 945. The summed E-state index contributed by atoms with van der Waals surface area (Å²) in [6, 6.07) is 12.4. The van der Waals surface area contributed by atoms with E-state index in [1.807, 2.05) is 24.3 Å². The Balaban J connectivity index is 1.40. The molecule has 0 N–H and O–H groups in total. The van der Waals surface area contributed by atoms with Gasteiger partial charge in [0.25, 0.3) is 5.91 Å². The van der Waals surface area contributed by atoms with Crippen LogP contribution in [0.4, 0.5) is 9.18 Å². The highest BCUT2D eigenvalue weighted by Gasteiger charge is 2.47. The smallest absolute Gasteiger partial charge is 0.410 e. The van der Waals surface area contributed by atoms with Crippen LogP contribution in [0.2, 0.25) is 5.02 Å². The molecule has 2 amide bonds. The van der Waals surface area contributed by atoms with Gasteiger partial charge in [-0.1, -0.05) is 29.8 Å². The minimum absolute atomic E-state index is 0.0304. The summed E-state index contributed by atoms with van der Waals surface area (Å²) in [5.74, 6) is -1.09. The second-order valence-electron chi connectivity index (χ2n) is 7.43. The number of rotatable bonds is 3. The van der Waals surface area contributed by atoms with Crippen molar-refractivity contribution in [2.75, 3.05) is 19.6 Å². The highest BCUT2D eigenvalue weighted by atomic mass is 127. The first-order chi connectivity index (χ1) is 13.9. The van der Waals surface area contributed by atoms with Crippen LogP contribution in [-0.4, -0.2) is 47.0 Å². The summed E-state index contributed by atoms with van der Waals surface area (Å²) in [5.41, 5.74) is 0.421. The van der Waals surface area contributed by atoms with Crippen LogP contribution < -0.4 is 0 Å². The SMILES string of the molecule is O=C1OC2(CCN(C(=O)c3cccc(Cl)c3F)CC2)CN1Cc1ccc(I)cc1. The molecule has 29 heavy (non-hydrogen) atoms. The molecule has 0 saturated carbocycles. The summed E-state index contributed by atoms with van der Waals surface area (Å²) in [6.45, 7) is 1.78. The van der Waals surface area contributed by atoms with Crippen molar-refractivity contribution in [3.05, 3.63) is 68.0 Å². The summed E-state index contributed by atoms with van der Waals surface area (Å²) in [7, 11) is 0. The molecule has 2 aromatic carbocycles. The zero-order valence-electron chi connectivity index (χ0n) is 15.5. The van der Waals surface area contributed by atoms with Crippen LogP contribution in [-0.2, 0) is 11.3 Å². The third-order valence-corrected chi connectivity index (χ3v) is 6.48. The highest BCUT2D eigenvalue weighted by Crippen LogP contribution is 2.34. The van der Waals surface area contributed by atoms with Gasteiger partial charge in [0, 0.05) is 36.0 Å². The summed E-state index contributed by atoms with van der Waals surface area (Å²) in [5, 5.41) is -0.0692. The molecule has 2 aromatic rings. The third-order valence-electron chi connectivity index (χ3n) is 5.47. The Hall–Kier alpha value is -1.87. The van der Waals surface area contributed by atoms with Crippen molar-refractivity contribution in [1.82, 2.24) is 9.80 Å². The quantitative estimate of drug-likeness (QED) is 0.542. The predicted octanol–water partition coefficient (Wildman–Crippen LogP) is 4.71. The first-order valence-electron chi connectivity index (χ1n) is 9.33. The van der Waals surface area contributed by atoms with E-state index in [2.05, 4.69) is 22.6 Å². The molecule has 1 spiro atoms. The van der Waals surface area contributed by atoms with Crippen LogP contribution in [0.25, 0.3) is 0 Å². The maximum atomic E-state index is 14.2. The zero-order valence-corrected chi connectivity index (χ0v) is 18.5. The molecule has 0 atom stereocenters. The number of piperidine rings is 1. The molecule has 2 heterocycles. The van der Waals surface area contributed by atoms with Gasteiger partial charge >= 0.3 is 6.09 Å². The van der Waals surface area contributed by atoms with Crippen molar-refractivity contribution in [2.45, 2.75) is 25.0 Å². The lowest BCUT2D eigenvalue weighted by Gasteiger charge is -2.37. The minimum Gasteiger partial charge on any atom is -0.441 e. The number of benzene rings is 2. The Morgan fingerprint density at radius 2 is 1.86 bits per heavy atom. The molecular weight excluding hydrogens is 510 g/mol. The Kier molecular flexibility index (Phi) is 5.70. The molecule has 2 aliphatic rings. The van der Waals surface area contributed by atoms with Crippen LogP contribution in [0.15, 0.2) is 42.5 Å². The van der Waals surface area contributed by atoms with Gasteiger partial charge in [0.15, 0.2) is 5.82 Å². The lowest BCUT2D eigenvalue weighted by atomic mass is 9.91. The summed E-state index contributed by atoms with van der Waals surface area (Å²) in [4.78, 5) is 28.4. The topological polar surface area (TPSA) is 49.9 Å². The molecule has 0 bridgehead atoms. The molecule has 0 unspecified atom stereocenters. The number of hydrogen-bond donors (Lipinski definition) is 0. The van der Waals surface area contributed by atoms with E-state index in [1.54, 1.807) is 15.9 Å². The van der Waals surface area contributed by atoms with Gasteiger partial charge < -0.3 is 9.64 Å². The molecule has 2 aliphatic heterocycles. The van der Waals surface area contributed by atoms with Crippen LogP contribution in [0.5, 0.6) is 0 Å². The Labute approximate surface area is 186 Å². The maximum absolute atomic E-state index is 14.2. The fourth-order valence-corrected chi connectivity index (χ4v) is 4.38. The lowest BCUT2D eigenvalue weighted by Crippen LogP contribution is -2.48. The molecule has 8 heteroatoms. The molecule has 2 saturated heterocycles. The molecule has 0 radical (unpaired) electrons. The van der Waals surface area contributed by atoms with E-state index in [-0.39, 0.29) is 22.6 Å². The van der Waals surface area contributed by atoms with Crippen LogP contribution in [0, 0.1) is 9.39 Å². The number of hydrogen-bond acceptors (Lipinski definition) is 3. The zero-order chi connectivity index (χ0) is 20.6. The van der Waals surface area contributed by atoms with Gasteiger partial charge in [-0.15, -0.1) is 0 Å². The monoisotopic (exact) mass is 528 g/mol. The second kappa shape index (κ2) is 8.10. The number of carbonyl (C=O) groups excluding carboxylic acids is 2. The summed E-state index contributed by atoms with van der Waals surface area (Å²) >= 11 is 8.04. The molecule has 0 aromatic heterocycles. The fourth-order valence-electron chi connectivity index (χ4n) is 3.84. The number of likely N-dealkylation sites (tertiary alicyclic amines) is 1. The Morgan fingerprint density at radius 3 is 2.55 bits per heavy atom. The highest BCUT2D eigenvalue weighted by molar-refractivity contribution is 14.1. The lowest BCUT2D eigenvalue weighted by molar-refractivity contribution is 0.00302. The van der Waals surface area contributed by atoms with Gasteiger partial charge in [0.1, 0.15) is 5.60 Å². The van der Waals surface area contributed by atoms with Crippen LogP contribution in [0.3, 0.4) is 0 Å². The van der Waals surface area contributed by atoms with E-state index in [1.165, 1.54) is 12.1 Å². The summed E-state index contributed by atoms with van der Waals surface area (Å²) < 4.78 is 21.0. The largest absolute Gasteiger partial charge is 0.441 e. The fraction of sp³-hybridized carbons (Fsp3) is 0.333. The number of carbonyl (C=O) groups is 2. The normalized spacial score (nSPS) is 18.2. The van der Waals surface area contributed by atoms with Gasteiger partial charge in [0.05, 0.1) is 17.1 Å². The first-order valence-corrected chi connectivity index (χ1v) is 10.8. The predicted molar refractivity (Wildman–Crippen MR) is 115 cm³/mol. The van der Waals surface area contributed by atoms with Crippen molar-refractivity contribution in [3.63, 3.8) is 0 Å². The van der Waals surface area contributed by atoms with Crippen molar-refractivity contribution >= 4 is 46.2 Å². The van der Waals surface area contributed by atoms with Crippen molar-refractivity contribution in [1.29, 1.82) is 0 Å². The Morgan fingerprint density at radius 1 is 1.17 bits per heavy atom. The molecule has 2 fully saturated rings. The molecule has 4 rings (SSSR count). The maximum Gasteiger partial charge on any atom is 0.410 e. The van der Waals surface area contributed by atoms with E-state index in [9.17, 15) is 14.0 Å². The van der Waals surface area contributed by atoms with E-state index in [4.69, 9.17) is 16.3 Å². The van der Waals surface area contributed by atoms with Gasteiger partial charge in [-0.2, -0.15) is 0 Å². The van der Waals surface area contributed by atoms with E-state index in [0.29, 0.717) is 39.0 Å². The van der Waals surface area contributed by atoms with Crippen molar-refractivity contribution in [2.24, 2.45) is 0 Å². The van der Waals surface area contributed by atoms with Crippen LogP contribution in [0.1, 0.15) is 28.8 Å². The number of nitrogens with zero attached hydrogens (tertiary/aromatic N) is 2. The second-order valence-corrected chi connectivity index (χ2v) is 9.08. The van der Waals surface area contributed by atoms with E-state index >= 15 is 0 Å². The third kappa shape index (κ3) is 4.21. The average molecular weight is 529 g/mol. The van der Waals surface area contributed by atoms with Crippen molar-refractivity contribution < 1.29 is 18.7 Å².